The quantitative estimate of drug-likeness (QED) is 0.136. The number of aromatic nitrogens is 6. The minimum absolute atomic E-state index is 0.117. The van der Waals surface area contributed by atoms with E-state index in [2.05, 4.69) is 123 Å². The van der Waals surface area contributed by atoms with Crippen LogP contribution in [0.4, 0.5) is 0 Å². The number of hydrogen-bond donors (Lipinski definition) is 0. The van der Waals surface area contributed by atoms with Crippen molar-refractivity contribution in [2.75, 3.05) is 0 Å². The van der Waals surface area contributed by atoms with E-state index in [1.165, 1.54) is 38.9 Å². The van der Waals surface area contributed by atoms with Crippen LogP contribution in [0.1, 0.15) is 30.5 Å². The highest BCUT2D eigenvalue weighted by Crippen LogP contribution is 2.50. The van der Waals surface area contributed by atoms with Gasteiger partial charge in [0.05, 0.1) is 0 Å². The van der Waals surface area contributed by atoms with Crippen LogP contribution in [-0.4, -0.2) is 19.9 Å². The summed E-state index contributed by atoms with van der Waals surface area (Å²) in [4.78, 5) is 19.7. The molecule has 1 aliphatic carbocycles. The molecular weight excluding hydrogens is 769 g/mol. The molecule has 0 unspecified atom stereocenters. The van der Waals surface area contributed by atoms with Gasteiger partial charge in [0.1, 0.15) is 12.4 Å². The van der Waals surface area contributed by atoms with E-state index in [-0.39, 0.29) is 5.41 Å². The van der Waals surface area contributed by atoms with Gasteiger partial charge in [-0.05, 0) is 73.6 Å². The van der Waals surface area contributed by atoms with E-state index in [9.17, 15) is 0 Å². The monoisotopic (exact) mass is 810 g/mol. The lowest BCUT2D eigenvalue weighted by atomic mass is 9.82. The summed E-state index contributed by atoms with van der Waals surface area (Å²) >= 11 is 0. The first-order valence-corrected chi connectivity index (χ1v) is 21.4. The fourth-order valence-corrected chi connectivity index (χ4v) is 8.82. The van der Waals surface area contributed by atoms with Crippen molar-refractivity contribution in [1.29, 1.82) is 0 Å². The van der Waals surface area contributed by atoms with Crippen molar-refractivity contribution in [2.45, 2.75) is 25.8 Å². The smallest absolute Gasteiger partial charge is 0.164 e. The fraction of sp³-hybridized carbons (Fsp3) is 0.0702. The Morgan fingerprint density at radius 3 is 1.24 bits per heavy atom. The van der Waals surface area contributed by atoms with Crippen molar-refractivity contribution in [2.24, 2.45) is 0 Å². The van der Waals surface area contributed by atoms with E-state index < -0.39 is 0 Å². The molecule has 2 aromatic heterocycles. The van der Waals surface area contributed by atoms with Crippen molar-refractivity contribution in [3.05, 3.63) is 223 Å². The Kier molecular flexibility index (Phi) is 9.46. The third-order valence-corrected chi connectivity index (χ3v) is 12.2. The van der Waals surface area contributed by atoms with E-state index in [0.717, 1.165) is 50.6 Å². The van der Waals surface area contributed by atoms with E-state index in [0.29, 0.717) is 24.0 Å². The molecule has 0 aliphatic heterocycles. The molecule has 1 aliphatic rings. The number of nitrogens with zero attached hydrogens (tertiary/aromatic N) is 6. The average Bonchev–Trinajstić information content (AvgIpc) is 3.87. The first-order valence-electron chi connectivity index (χ1n) is 21.4. The van der Waals surface area contributed by atoms with Gasteiger partial charge in [0.2, 0.25) is 0 Å². The highest BCUT2D eigenvalue weighted by atomic mass is 15.3. The Labute approximate surface area is 367 Å². The normalized spacial score (nSPS) is 12.5. The summed E-state index contributed by atoms with van der Waals surface area (Å²) in [5.41, 5.74) is 15.9. The van der Waals surface area contributed by atoms with Crippen LogP contribution < -0.4 is 9.78 Å². The van der Waals surface area contributed by atoms with Gasteiger partial charge < -0.3 is 4.98 Å². The molecule has 10 aromatic rings. The molecule has 0 atom stereocenters. The maximum absolute atomic E-state index is 4.99. The molecule has 0 saturated heterocycles. The van der Waals surface area contributed by atoms with Crippen LogP contribution >= 0.6 is 0 Å². The molecule has 63 heavy (non-hydrogen) atoms. The van der Waals surface area contributed by atoms with Crippen LogP contribution in [0.15, 0.2) is 206 Å². The lowest BCUT2D eigenvalue weighted by molar-refractivity contribution is -0.737. The van der Waals surface area contributed by atoms with Gasteiger partial charge in [-0.25, -0.2) is 15.0 Å². The van der Waals surface area contributed by atoms with E-state index in [1.54, 1.807) is 0 Å². The summed E-state index contributed by atoms with van der Waals surface area (Å²) in [7, 11) is 0. The Balaban J connectivity index is 0.882. The molecule has 2 heterocycles. The van der Waals surface area contributed by atoms with Crippen molar-refractivity contribution in [3.63, 3.8) is 0 Å². The molecule has 11 rings (SSSR count). The molecule has 0 fully saturated rings. The minimum Gasteiger partial charge on any atom is -0.397 e. The molecule has 8 aromatic carbocycles. The number of hydrogen-bond acceptors (Lipinski definition) is 4. The topological polar surface area (TPSA) is 69.5 Å². The summed E-state index contributed by atoms with van der Waals surface area (Å²) in [6.45, 7) is 5.28. The van der Waals surface area contributed by atoms with Crippen LogP contribution in [0.2, 0.25) is 0 Å². The molecule has 0 saturated carbocycles. The third-order valence-electron chi connectivity index (χ3n) is 12.2. The first-order chi connectivity index (χ1) is 30.9. The summed E-state index contributed by atoms with van der Waals surface area (Å²) < 4.78 is 2.02. The van der Waals surface area contributed by atoms with Crippen LogP contribution in [0.25, 0.3) is 90.3 Å². The Bertz CT molecular complexity index is 3170. The van der Waals surface area contributed by atoms with Gasteiger partial charge in [-0.1, -0.05) is 208 Å². The Morgan fingerprint density at radius 1 is 0.381 bits per heavy atom. The summed E-state index contributed by atoms with van der Waals surface area (Å²) in [5, 5.41) is 4.98. The van der Waals surface area contributed by atoms with Gasteiger partial charge in [-0.2, -0.15) is 0 Å². The van der Waals surface area contributed by atoms with Crippen molar-refractivity contribution in [1.82, 2.24) is 25.0 Å². The molecule has 0 bridgehead atoms. The lowest BCUT2D eigenvalue weighted by Gasteiger charge is -2.21. The zero-order chi connectivity index (χ0) is 42.3. The summed E-state index contributed by atoms with van der Waals surface area (Å²) in [5.74, 6) is 3.53. The molecule has 0 amide bonds. The van der Waals surface area contributed by atoms with Crippen LogP contribution in [0.3, 0.4) is 0 Å². The molecule has 6 heteroatoms. The van der Waals surface area contributed by atoms with Crippen molar-refractivity contribution in [3.8, 4) is 90.3 Å². The highest BCUT2D eigenvalue weighted by molar-refractivity contribution is 5.87. The molecule has 0 radical (unpaired) electrons. The van der Waals surface area contributed by atoms with Crippen LogP contribution in [-0.2, 0) is 12.0 Å². The second kappa shape index (κ2) is 15.7. The number of rotatable bonds is 9. The SMILES string of the molecule is CC1(C)c2ccc(-c3ccc(C[n+]4[n-]c(-c5ccccc5)nc4-c4ccccc4)cc3)cc2-c2cc(-c3ccc(-c4nc(-c5ccccc5)nc(-c5ccccc5)n4)cc3)ccc21. The zero-order valence-corrected chi connectivity index (χ0v) is 35.0. The first kappa shape index (κ1) is 37.9. The predicted molar refractivity (Wildman–Crippen MR) is 252 cm³/mol. The van der Waals surface area contributed by atoms with Crippen LogP contribution in [0, 0.1) is 0 Å². The zero-order valence-electron chi connectivity index (χ0n) is 35.0. The molecule has 6 nitrogen and oxygen atoms in total. The largest absolute Gasteiger partial charge is 0.397 e. The Morgan fingerprint density at radius 2 is 0.762 bits per heavy atom. The van der Waals surface area contributed by atoms with E-state index in [1.807, 2.05) is 102 Å². The Hall–Kier alpha value is -8.09. The second-order valence-corrected chi connectivity index (χ2v) is 16.6. The minimum atomic E-state index is -0.117. The maximum Gasteiger partial charge on any atom is 0.164 e. The van der Waals surface area contributed by atoms with Crippen LogP contribution in [0.5, 0.6) is 0 Å². The maximum atomic E-state index is 4.99. The highest BCUT2D eigenvalue weighted by Gasteiger charge is 2.35. The third kappa shape index (κ3) is 7.21. The molecule has 300 valence electrons. The van der Waals surface area contributed by atoms with E-state index in [4.69, 9.17) is 25.0 Å². The molecular formula is C57H42N6. The van der Waals surface area contributed by atoms with Gasteiger partial charge in [-0.15, -0.1) is 0 Å². The lowest BCUT2D eigenvalue weighted by Crippen LogP contribution is -2.40. The average molecular weight is 811 g/mol. The molecule has 0 spiro atoms. The van der Waals surface area contributed by atoms with E-state index >= 15 is 0 Å². The number of fused-ring (bicyclic) bond motifs is 3. The van der Waals surface area contributed by atoms with Gasteiger partial charge in [0.15, 0.2) is 17.5 Å². The number of benzene rings is 8. The fourth-order valence-electron chi connectivity index (χ4n) is 8.82. The molecule has 0 N–H and O–H groups in total. The van der Waals surface area contributed by atoms with Crippen molar-refractivity contribution >= 4 is 0 Å². The van der Waals surface area contributed by atoms with Gasteiger partial charge >= 0.3 is 0 Å². The second-order valence-electron chi connectivity index (χ2n) is 16.6. The van der Waals surface area contributed by atoms with Gasteiger partial charge in [0, 0.05) is 27.7 Å². The van der Waals surface area contributed by atoms with Gasteiger partial charge in [-0.3, -0.25) is 9.78 Å². The van der Waals surface area contributed by atoms with Gasteiger partial charge in [0.25, 0.3) is 0 Å². The summed E-state index contributed by atoms with van der Waals surface area (Å²) in [6, 6.07) is 72.0. The van der Waals surface area contributed by atoms with Crippen molar-refractivity contribution < 1.29 is 4.68 Å². The predicted octanol–water partition coefficient (Wildman–Crippen LogP) is 12.5. The summed E-state index contributed by atoms with van der Waals surface area (Å²) in [6.07, 6.45) is 0. The standard InChI is InChI=1S/C57H42N6/c1-57(2)50-33-31-46(39-25-23-38(24-26-39)37-63-56(45-21-13-6-14-22-45)61-55(62-63)43-19-11-5-12-20-43)35-48(50)49-36-47(32-34-51(49)57)40-27-29-44(30-28-40)54-59-52(41-15-7-3-8-16-41)58-53(60-54)42-17-9-4-10-18-42/h3-36H,37H2,1-2H3.